The number of benzene rings is 3. The highest BCUT2D eigenvalue weighted by Gasteiger charge is 2.20. The zero-order chi connectivity index (χ0) is 27.6. The molecule has 1 aromatic heterocycles. The van der Waals surface area contributed by atoms with Crippen LogP contribution in [-0.4, -0.2) is 64.1 Å². The molecule has 0 aliphatic rings. The quantitative estimate of drug-likeness (QED) is 0.306. The van der Waals surface area contributed by atoms with Gasteiger partial charge in [-0.15, -0.1) is 0 Å². The van der Waals surface area contributed by atoms with Gasteiger partial charge in [0.25, 0.3) is 0 Å². The molecule has 38 heavy (non-hydrogen) atoms. The molecule has 0 radical (unpaired) electrons. The van der Waals surface area contributed by atoms with E-state index in [2.05, 4.69) is 10.2 Å². The van der Waals surface area contributed by atoms with Gasteiger partial charge in [0, 0.05) is 37.8 Å². The fourth-order valence-corrected chi connectivity index (χ4v) is 4.16. The predicted molar refractivity (Wildman–Crippen MR) is 138 cm³/mol. The van der Waals surface area contributed by atoms with E-state index in [-0.39, 0.29) is 52.5 Å². The maximum atomic E-state index is 15.1. The second-order valence-electron chi connectivity index (χ2n) is 9.25. The number of H-pyrrole nitrogens is 1. The molecule has 0 spiro atoms. The van der Waals surface area contributed by atoms with E-state index >= 15 is 4.39 Å². The molecule has 0 amide bonds. The number of aromatic hydroxyl groups is 2. The van der Waals surface area contributed by atoms with Gasteiger partial charge >= 0.3 is 5.69 Å². The number of phenolic OH excluding ortho intramolecular Hbond substituents is 2. The van der Waals surface area contributed by atoms with Crippen LogP contribution in [0.25, 0.3) is 17.1 Å². The predicted octanol–water partition coefficient (Wildman–Crippen LogP) is 3.84. The molecular formula is C27H28F3N5O3. The van der Waals surface area contributed by atoms with Gasteiger partial charge in [0.15, 0.2) is 5.82 Å². The number of hydrogen-bond acceptors (Lipinski definition) is 6. The van der Waals surface area contributed by atoms with Crippen LogP contribution in [0.4, 0.5) is 18.9 Å². The number of aromatic amines is 1. The van der Waals surface area contributed by atoms with Crippen molar-refractivity contribution >= 4 is 5.69 Å². The minimum absolute atomic E-state index is 0.0288. The summed E-state index contributed by atoms with van der Waals surface area (Å²) in [6.45, 7) is 1.30. The van der Waals surface area contributed by atoms with Crippen LogP contribution < -0.4 is 10.6 Å². The molecule has 3 N–H and O–H groups in total. The van der Waals surface area contributed by atoms with Gasteiger partial charge in [-0.05, 0) is 62.8 Å². The minimum atomic E-state index is -0.706. The third-order valence-corrected chi connectivity index (χ3v) is 6.30. The maximum Gasteiger partial charge on any atom is 0.348 e. The van der Waals surface area contributed by atoms with Crippen LogP contribution in [0.3, 0.4) is 0 Å². The summed E-state index contributed by atoms with van der Waals surface area (Å²) in [6, 6.07) is 10.3. The van der Waals surface area contributed by atoms with Crippen molar-refractivity contribution in [3.8, 4) is 28.6 Å². The first-order valence-electron chi connectivity index (χ1n) is 11.9. The summed E-state index contributed by atoms with van der Waals surface area (Å²) in [6.07, 6.45) is -0.0219. The molecule has 200 valence electrons. The van der Waals surface area contributed by atoms with Gasteiger partial charge in [0.2, 0.25) is 0 Å². The molecule has 0 bridgehead atoms. The summed E-state index contributed by atoms with van der Waals surface area (Å²) in [7, 11) is 5.60. The Hall–Kier alpha value is -4.25. The Morgan fingerprint density at radius 1 is 0.895 bits per heavy atom. The summed E-state index contributed by atoms with van der Waals surface area (Å²) < 4.78 is 44.3. The van der Waals surface area contributed by atoms with Crippen molar-refractivity contribution in [3.63, 3.8) is 0 Å². The zero-order valence-corrected chi connectivity index (χ0v) is 21.2. The zero-order valence-electron chi connectivity index (χ0n) is 21.2. The standard InChI is InChI=1S/C27H28F3N5O3/c1-33(2)11-12-34(3)23-10-8-17(14-22(23)30)35-26(31-32-27(35)38)19-13-16(24(36)15-25(19)37)7-9-18-20(28)5-4-6-21(18)29/h4-6,8,10,13-15,36-37H,7,9,11-12H2,1-3H3,(H,32,38). The number of nitrogens with zero attached hydrogens (tertiary/aromatic N) is 4. The van der Waals surface area contributed by atoms with Crippen LogP contribution in [0, 0.1) is 17.5 Å². The van der Waals surface area contributed by atoms with E-state index in [0.717, 1.165) is 29.3 Å². The Labute approximate surface area is 217 Å². The lowest BCUT2D eigenvalue weighted by Crippen LogP contribution is -2.29. The third kappa shape index (κ3) is 5.52. The van der Waals surface area contributed by atoms with Gasteiger partial charge in [0.1, 0.15) is 29.0 Å². The van der Waals surface area contributed by atoms with Crippen LogP contribution in [0.15, 0.2) is 53.3 Å². The molecule has 0 saturated carbocycles. The Balaban J connectivity index is 1.68. The van der Waals surface area contributed by atoms with Crippen LogP contribution in [0.1, 0.15) is 11.1 Å². The van der Waals surface area contributed by atoms with E-state index < -0.39 is 23.1 Å². The Morgan fingerprint density at radius 3 is 2.26 bits per heavy atom. The van der Waals surface area contributed by atoms with E-state index in [0.29, 0.717) is 12.2 Å². The van der Waals surface area contributed by atoms with Crippen molar-refractivity contribution in [1.82, 2.24) is 19.7 Å². The fraction of sp³-hybridized carbons (Fsp3) is 0.259. The molecule has 8 nitrogen and oxygen atoms in total. The SMILES string of the molecule is CN(C)CCN(C)c1ccc(-n2c(-c3cc(CCc4c(F)cccc4F)c(O)cc3O)n[nH]c2=O)cc1F. The molecule has 0 atom stereocenters. The molecule has 1 heterocycles. The molecular weight excluding hydrogens is 499 g/mol. The topological polar surface area (TPSA) is 97.6 Å². The lowest BCUT2D eigenvalue weighted by molar-refractivity contribution is 0.416. The summed E-state index contributed by atoms with van der Waals surface area (Å²) in [5.41, 5.74) is 0.0522. The first kappa shape index (κ1) is 26.8. The number of nitrogens with one attached hydrogen (secondary N) is 1. The van der Waals surface area contributed by atoms with Crippen molar-refractivity contribution in [3.05, 3.63) is 87.6 Å². The average Bonchev–Trinajstić information content (AvgIpc) is 3.24. The number of anilines is 1. The molecule has 0 saturated heterocycles. The van der Waals surface area contributed by atoms with Gasteiger partial charge in [-0.2, -0.15) is 5.10 Å². The van der Waals surface area contributed by atoms with Crippen molar-refractivity contribution in [1.29, 1.82) is 0 Å². The highest BCUT2D eigenvalue weighted by atomic mass is 19.1. The molecule has 0 aliphatic carbocycles. The second-order valence-corrected chi connectivity index (χ2v) is 9.25. The molecule has 0 fully saturated rings. The van der Waals surface area contributed by atoms with Gasteiger partial charge in [-0.1, -0.05) is 6.07 Å². The molecule has 0 aliphatic heterocycles. The van der Waals surface area contributed by atoms with E-state index in [1.807, 2.05) is 19.0 Å². The normalized spacial score (nSPS) is 11.3. The molecule has 4 aromatic rings. The first-order valence-corrected chi connectivity index (χ1v) is 11.9. The minimum Gasteiger partial charge on any atom is -0.508 e. The second kappa shape index (κ2) is 11.0. The lowest BCUT2D eigenvalue weighted by Gasteiger charge is -2.22. The van der Waals surface area contributed by atoms with Crippen LogP contribution in [-0.2, 0) is 12.8 Å². The van der Waals surface area contributed by atoms with E-state index in [4.69, 9.17) is 0 Å². The highest BCUT2D eigenvalue weighted by Crippen LogP contribution is 2.35. The number of phenols is 2. The van der Waals surface area contributed by atoms with Crippen molar-refractivity contribution in [2.45, 2.75) is 12.8 Å². The van der Waals surface area contributed by atoms with Crippen LogP contribution in [0.2, 0.25) is 0 Å². The number of likely N-dealkylation sites (N-methyl/N-ethyl adjacent to an activating group) is 2. The third-order valence-electron chi connectivity index (χ3n) is 6.30. The summed E-state index contributed by atoms with van der Waals surface area (Å²) in [5.74, 6) is -2.66. The van der Waals surface area contributed by atoms with Crippen LogP contribution in [0.5, 0.6) is 11.5 Å². The summed E-state index contributed by atoms with van der Waals surface area (Å²) in [4.78, 5) is 16.4. The van der Waals surface area contributed by atoms with Gasteiger partial charge in [-0.25, -0.2) is 27.6 Å². The number of halogens is 3. The fourth-order valence-electron chi connectivity index (χ4n) is 4.16. The summed E-state index contributed by atoms with van der Waals surface area (Å²) in [5, 5.41) is 27.2. The number of aryl methyl sites for hydroxylation is 1. The Kier molecular flexibility index (Phi) is 7.77. The van der Waals surface area contributed by atoms with Crippen molar-refractivity contribution in [2.75, 3.05) is 39.1 Å². The number of rotatable bonds is 9. The van der Waals surface area contributed by atoms with Crippen LogP contribution >= 0.6 is 0 Å². The van der Waals surface area contributed by atoms with Gasteiger partial charge < -0.3 is 20.0 Å². The summed E-state index contributed by atoms with van der Waals surface area (Å²) >= 11 is 0. The highest BCUT2D eigenvalue weighted by molar-refractivity contribution is 5.69. The maximum absolute atomic E-state index is 15.1. The lowest BCUT2D eigenvalue weighted by atomic mass is 10.00. The van der Waals surface area contributed by atoms with E-state index in [1.54, 1.807) is 24.1 Å². The first-order chi connectivity index (χ1) is 18.1. The van der Waals surface area contributed by atoms with E-state index in [1.165, 1.54) is 18.2 Å². The van der Waals surface area contributed by atoms with Crippen molar-refractivity contribution in [2.24, 2.45) is 0 Å². The molecule has 4 rings (SSSR count). The largest absolute Gasteiger partial charge is 0.508 e. The van der Waals surface area contributed by atoms with Gasteiger partial charge in [0.05, 0.1) is 16.9 Å². The van der Waals surface area contributed by atoms with Gasteiger partial charge in [-0.3, -0.25) is 0 Å². The van der Waals surface area contributed by atoms with Crippen molar-refractivity contribution < 1.29 is 23.4 Å². The monoisotopic (exact) mass is 527 g/mol. The molecule has 0 unspecified atom stereocenters. The number of aromatic nitrogens is 3. The smallest absolute Gasteiger partial charge is 0.348 e. The Morgan fingerprint density at radius 2 is 1.61 bits per heavy atom. The Bertz CT molecular complexity index is 1500. The molecule has 3 aromatic carbocycles. The molecule has 11 heteroatoms. The van der Waals surface area contributed by atoms with E-state index in [9.17, 15) is 23.8 Å². The average molecular weight is 528 g/mol. The number of hydrogen-bond donors (Lipinski definition) is 3.